The molecule has 1 aliphatic heterocycles. The third-order valence-electron chi connectivity index (χ3n) is 5.79. The van der Waals surface area contributed by atoms with Gasteiger partial charge in [0.15, 0.2) is 29.6 Å². The summed E-state index contributed by atoms with van der Waals surface area (Å²) in [7, 11) is 0. The number of anilines is 1. The topological polar surface area (TPSA) is 164 Å². The first-order valence-corrected chi connectivity index (χ1v) is 11.2. The number of esters is 2. The predicted molar refractivity (Wildman–Crippen MR) is 126 cm³/mol. The Bertz CT molecular complexity index is 1450. The third kappa shape index (κ3) is 4.29. The Labute approximate surface area is 204 Å². The van der Waals surface area contributed by atoms with Gasteiger partial charge in [-0.05, 0) is 30.7 Å². The van der Waals surface area contributed by atoms with E-state index in [4.69, 9.17) is 19.9 Å². The van der Waals surface area contributed by atoms with Crippen LogP contribution in [0.4, 0.5) is 5.95 Å². The van der Waals surface area contributed by atoms with Crippen LogP contribution in [0.3, 0.4) is 0 Å². The van der Waals surface area contributed by atoms with Gasteiger partial charge in [-0.15, -0.1) is 5.10 Å². The molecule has 0 bridgehead atoms. The van der Waals surface area contributed by atoms with Crippen molar-refractivity contribution in [3.05, 3.63) is 82.1 Å². The van der Waals surface area contributed by atoms with E-state index < -0.39 is 42.0 Å². The molecular weight excluding hydrogens is 468 g/mol. The second-order valence-corrected chi connectivity index (χ2v) is 8.10. The third-order valence-corrected chi connectivity index (χ3v) is 5.79. The number of fused-ring (bicyclic) bond motifs is 1. The minimum atomic E-state index is -1.14. The van der Waals surface area contributed by atoms with Crippen LogP contribution in [0, 0.1) is 0 Å². The SMILES string of the molecule is CC[C@H]1O[C@@H](n2nnc3c(=O)[nH]c(N)nc32)[C@H](OC(=O)c2ccccc2)[C@@H]1OC(=O)c1ccccc1. The summed E-state index contributed by atoms with van der Waals surface area (Å²) >= 11 is 0. The lowest BCUT2D eigenvalue weighted by Crippen LogP contribution is -2.39. The van der Waals surface area contributed by atoms with Crippen LogP contribution >= 0.6 is 0 Å². The van der Waals surface area contributed by atoms with Crippen LogP contribution in [-0.2, 0) is 14.2 Å². The zero-order valence-electron chi connectivity index (χ0n) is 19.1. The maximum Gasteiger partial charge on any atom is 0.338 e. The van der Waals surface area contributed by atoms with E-state index in [0.717, 1.165) is 0 Å². The van der Waals surface area contributed by atoms with Crippen molar-refractivity contribution in [2.45, 2.75) is 37.9 Å². The number of hydrogen-bond acceptors (Lipinski definition) is 10. The van der Waals surface area contributed by atoms with Crippen molar-refractivity contribution in [2.75, 3.05) is 5.73 Å². The number of aromatic amines is 1. The Morgan fingerprint density at radius 3 is 2.17 bits per heavy atom. The molecule has 5 rings (SSSR count). The second-order valence-electron chi connectivity index (χ2n) is 8.10. The lowest BCUT2D eigenvalue weighted by molar-refractivity contribution is -0.0550. The van der Waals surface area contributed by atoms with Gasteiger partial charge in [0.1, 0.15) is 6.10 Å². The number of nitrogens with two attached hydrogens (primary N) is 1. The number of hydrogen-bond donors (Lipinski definition) is 2. The van der Waals surface area contributed by atoms with Crippen molar-refractivity contribution in [1.82, 2.24) is 25.0 Å². The molecule has 3 N–H and O–H groups in total. The fraction of sp³-hybridized carbons (Fsp3) is 0.250. The average Bonchev–Trinajstić information content (AvgIpc) is 3.46. The van der Waals surface area contributed by atoms with Crippen LogP contribution in [0.25, 0.3) is 11.2 Å². The number of carbonyl (C=O) groups is 2. The number of nitrogens with zero attached hydrogens (tertiary/aromatic N) is 4. The highest BCUT2D eigenvalue weighted by atomic mass is 16.6. The molecule has 0 radical (unpaired) electrons. The number of aromatic nitrogens is 5. The Morgan fingerprint density at radius 1 is 1.00 bits per heavy atom. The van der Waals surface area contributed by atoms with Crippen LogP contribution in [0.15, 0.2) is 65.5 Å². The maximum atomic E-state index is 13.0. The molecular formula is C24H22N6O6. The van der Waals surface area contributed by atoms with E-state index in [1.54, 1.807) is 60.7 Å². The molecule has 2 aromatic carbocycles. The van der Waals surface area contributed by atoms with Crippen molar-refractivity contribution < 1.29 is 23.8 Å². The molecule has 0 saturated carbocycles. The fourth-order valence-corrected chi connectivity index (χ4v) is 4.06. The van der Waals surface area contributed by atoms with Crippen LogP contribution in [0.2, 0.25) is 0 Å². The van der Waals surface area contributed by atoms with Crippen LogP contribution in [0.1, 0.15) is 40.3 Å². The van der Waals surface area contributed by atoms with Gasteiger partial charge in [0.05, 0.1) is 11.1 Å². The summed E-state index contributed by atoms with van der Waals surface area (Å²) in [6.07, 6.45) is -3.46. The molecule has 184 valence electrons. The van der Waals surface area contributed by atoms with Crippen LogP contribution in [0.5, 0.6) is 0 Å². The summed E-state index contributed by atoms with van der Waals surface area (Å²) in [5.74, 6) is -1.40. The van der Waals surface area contributed by atoms with Gasteiger partial charge in [-0.3, -0.25) is 9.78 Å². The van der Waals surface area contributed by atoms with E-state index in [1.165, 1.54) is 4.68 Å². The van der Waals surface area contributed by atoms with Gasteiger partial charge in [0, 0.05) is 0 Å². The Kier molecular flexibility index (Phi) is 6.17. The molecule has 1 saturated heterocycles. The van der Waals surface area contributed by atoms with Gasteiger partial charge >= 0.3 is 11.9 Å². The molecule has 0 aliphatic carbocycles. The van der Waals surface area contributed by atoms with Crippen LogP contribution < -0.4 is 11.3 Å². The average molecular weight is 490 g/mol. The van der Waals surface area contributed by atoms with E-state index >= 15 is 0 Å². The number of nitrogens with one attached hydrogen (secondary N) is 1. The van der Waals surface area contributed by atoms with Gasteiger partial charge in [-0.1, -0.05) is 48.5 Å². The van der Waals surface area contributed by atoms with E-state index in [0.29, 0.717) is 17.5 Å². The standard InChI is InChI=1S/C24H22N6O6/c1-2-15-17(35-22(32)13-9-5-3-6-10-13)18(36-23(33)14-11-7-4-8-12-14)21(34-15)30-19-16(28-29-30)20(31)27-24(25)26-19/h3-12,15,17-18,21H,2H2,1H3,(H3,25,26,27,31)/t15-,17-,18-,21-/m1/s1. The van der Waals surface area contributed by atoms with E-state index in [2.05, 4.69) is 20.3 Å². The number of rotatable bonds is 6. The van der Waals surface area contributed by atoms with E-state index in [1.807, 2.05) is 6.92 Å². The van der Waals surface area contributed by atoms with Crippen LogP contribution in [-0.4, -0.2) is 55.2 Å². The van der Waals surface area contributed by atoms with Crippen molar-refractivity contribution in [1.29, 1.82) is 0 Å². The maximum absolute atomic E-state index is 13.0. The van der Waals surface area contributed by atoms with Crippen molar-refractivity contribution in [3.63, 3.8) is 0 Å². The highest BCUT2D eigenvalue weighted by Gasteiger charge is 2.51. The molecule has 36 heavy (non-hydrogen) atoms. The predicted octanol–water partition coefficient (Wildman–Crippen LogP) is 1.86. The fourth-order valence-electron chi connectivity index (χ4n) is 4.06. The summed E-state index contributed by atoms with van der Waals surface area (Å²) in [4.78, 5) is 44.7. The molecule has 0 spiro atoms. The summed E-state index contributed by atoms with van der Waals surface area (Å²) in [5.41, 5.74) is 5.73. The Hall–Kier alpha value is -4.58. The quantitative estimate of drug-likeness (QED) is 0.381. The molecule has 4 atom stereocenters. The molecule has 1 fully saturated rings. The highest BCUT2D eigenvalue weighted by Crippen LogP contribution is 2.36. The van der Waals surface area contributed by atoms with Gasteiger partial charge in [0.2, 0.25) is 5.95 Å². The first-order valence-electron chi connectivity index (χ1n) is 11.2. The monoisotopic (exact) mass is 490 g/mol. The Balaban J connectivity index is 1.55. The normalized spacial score (nSPS) is 21.4. The number of benzene rings is 2. The van der Waals surface area contributed by atoms with Gasteiger partial charge in [-0.25, -0.2) is 9.59 Å². The molecule has 12 nitrogen and oxygen atoms in total. The van der Waals surface area contributed by atoms with Gasteiger partial charge < -0.3 is 19.9 Å². The van der Waals surface area contributed by atoms with E-state index in [9.17, 15) is 14.4 Å². The lowest BCUT2D eigenvalue weighted by Gasteiger charge is -2.24. The zero-order valence-corrected chi connectivity index (χ0v) is 19.1. The number of carbonyl (C=O) groups excluding carboxylic acids is 2. The van der Waals surface area contributed by atoms with Crippen molar-refractivity contribution in [2.24, 2.45) is 0 Å². The summed E-state index contributed by atoms with van der Waals surface area (Å²) in [6.45, 7) is 1.84. The minimum Gasteiger partial charge on any atom is -0.452 e. The largest absolute Gasteiger partial charge is 0.452 e. The molecule has 3 heterocycles. The molecule has 12 heteroatoms. The Morgan fingerprint density at radius 2 is 1.58 bits per heavy atom. The first kappa shape index (κ1) is 23.2. The summed E-state index contributed by atoms with van der Waals surface area (Å²) < 4.78 is 19.0. The molecule has 2 aromatic heterocycles. The first-order chi connectivity index (χ1) is 17.5. The smallest absolute Gasteiger partial charge is 0.338 e. The van der Waals surface area contributed by atoms with Crippen molar-refractivity contribution in [3.8, 4) is 0 Å². The molecule has 0 amide bonds. The lowest BCUT2D eigenvalue weighted by atomic mass is 10.1. The molecule has 0 unspecified atom stereocenters. The number of ether oxygens (including phenoxy) is 3. The van der Waals surface area contributed by atoms with Gasteiger partial charge in [0.25, 0.3) is 5.56 Å². The molecule has 1 aliphatic rings. The van der Waals surface area contributed by atoms with Crippen molar-refractivity contribution >= 4 is 29.1 Å². The van der Waals surface area contributed by atoms with Gasteiger partial charge in [-0.2, -0.15) is 9.67 Å². The zero-order chi connectivity index (χ0) is 25.2. The summed E-state index contributed by atoms with van der Waals surface area (Å²) in [6, 6.07) is 16.8. The minimum absolute atomic E-state index is 0.0342. The second kappa shape index (κ2) is 9.58. The number of H-pyrrole nitrogens is 1. The number of nitrogen functional groups attached to an aromatic ring is 1. The summed E-state index contributed by atoms with van der Waals surface area (Å²) in [5, 5.41) is 7.90. The molecule has 4 aromatic rings. The van der Waals surface area contributed by atoms with E-state index in [-0.39, 0.29) is 17.1 Å². The highest BCUT2D eigenvalue weighted by molar-refractivity contribution is 5.90.